The Morgan fingerprint density at radius 3 is 2.71 bits per heavy atom. The Hall–Kier alpha value is -2.31. The normalized spacial score (nSPS) is 11.5. The van der Waals surface area contributed by atoms with Crippen molar-refractivity contribution in [1.82, 2.24) is 18.9 Å². The highest BCUT2D eigenvalue weighted by Crippen LogP contribution is 2.35. The first-order valence-corrected chi connectivity index (χ1v) is 13.5. The summed E-state index contributed by atoms with van der Waals surface area (Å²) in [7, 11) is 1.45. The number of halogens is 3. The molecule has 5 rings (SSSR count). The van der Waals surface area contributed by atoms with Gasteiger partial charge in [-0.1, -0.05) is 12.1 Å². The molecular formula is C21H14F2IN5S2. The zero-order chi connectivity index (χ0) is 21.4. The van der Waals surface area contributed by atoms with Crippen LogP contribution in [-0.4, -0.2) is 25.5 Å². The quantitative estimate of drug-likeness (QED) is 0.239. The fraction of sp³-hybridized carbons (Fsp3) is 0.0952. The van der Waals surface area contributed by atoms with Crippen LogP contribution in [0.2, 0.25) is 0 Å². The van der Waals surface area contributed by atoms with Gasteiger partial charge in [0.2, 0.25) is 0 Å². The molecule has 0 fully saturated rings. The standard InChI is InChI=1S/C21H14F2IN5S2/c22-13-3-1-12(2-4-13)5-7-25-18-15-6-8-30-21(15)28-19(27-18)17-11-29(31-24)20-16(17)9-14(23)10-26-20/h1-4,6,8-11H,5,7H2,(H,25,27,28). The third-order valence-corrected chi connectivity index (χ3v) is 7.35. The van der Waals surface area contributed by atoms with E-state index < -0.39 is 5.82 Å². The van der Waals surface area contributed by atoms with E-state index in [0.29, 0.717) is 23.4 Å². The maximum absolute atomic E-state index is 13.9. The Morgan fingerprint density at radius 1 is 1.06 bits per heavy atom. The van der Waals surface area contributed by atoms with E-state index in [4.69, 9.17) is 9.97 Å². The van der Waals surface area contributed by atoms with Gasteiger partial charge >= 0.3 is 0 Å². The van der Waals surface area contributed by atoms with Crippen LogP contribution in [0.25, 0.3) is 32.6 Å². The molecule has 0 aliphatic carbocycles. The first-order chi connectivity index (χ1) is 15.1. The molecule has 0 aliphatic heterocycles. The Morgan fingerprint density at radius 2 is 1.90 bits per heavy atom. The number of nitrogens with one attached hydrogen (secondary N) is 1. The summed E-state index contributed by atoms with van der Waals surface area (Å²) in [6, 6.07) is 9.92. The van der Waals surface area contributed by atoms with Crippen LogP contribution in [-0.2, 0) is 6.42 Å². The predicted molar refractivity (Wildman–Crippen MR) is 132 cm³/mol. The van der Waals surface area contributed by atoms with Crippen molar-refractivity contribution >= 4 is 68.7 Å². The summed E-state index contributed by atoms with van der Waals surface area (Å²) in [5.41, 5.74) is 2.42. The predicted octanol–water partition coefficient (Wildman–Crippen LogP) is 6.49. The van der Waals surface area contributed by atoms with Gasteiger partial charge in [-0.25, -0.2) is 23.7 Å². The topological polar surface area (TPSA) is 55.6 Å². The monoisotopic (exact) mass is 565 g/mol. The van der Waals surface area contributed by atoms with Gasteiger partial charge in [0.1, 0.15) is 22.3 Å². The van der Waals surface area contributed by atoms with Crippen molar-refractivity contribution in [3.8, 4) is 11.4 Å². The van der Waals surface area contributed by atoms with Gasteiger partial charge in [0.15, 0.2) is 11.5 Å². The van der Waals surface area contributed by atoms with E-state index in [1.807, 2.05) is 21.6 Å². The molecule has 0 saturated carbocycles. The molecule has 5 aromatic rings. The highest BCUT2D eigenvalue weighted by Gasteiger charge is 2.17. The van der Waals surface area contributed by atoms with E-state index in [1.54, 1.807) is 12.1 Å². The van der Waals surface area contributed by atoms with Gasteiger partial charge in [0, 0.05) is 54.0 Å². The van der Waals surface area contributed by atoms with Crippen LogP contribution >= 0.6 is 41.7 Å². The molecule has 0 unspecified atom stereocenters. The lowest BCUT2D eigenvalue weighted by Crippen LogP contribution is -2.07. The van der Waals surface area contributed by atoms with Crippen molar-refractivity contribution in [2.45, 2.75) is 6.42 Å². The molecule has 1 aromatic carbocycles. The van der Waals surface area contributed by atoms with E-state index in [-0.39, 0.29) is 5.82 Å². The van der Waals surface area contributed by atoms with Crippen molar-refractivity contribution in [3.05, 3.63) is 71.4 Å². The number of hydrogen-bond acceptors (Lipinski definition) is 6. The summed E-state index contributed by atoms with van der Waals surface area (Å²) >= 11 is 3.69. The summed E-state index contributed by atoms with van der Waals surface area (Å²) < 4.78 is 28.9. The second-order valence-corrected chi connectivity index (χ2v) is 9.41. The highest BCUT2D eigenvalue weighted by atomic mass is 127. The molecule has 1 N–H and O–H groups in total. The van der Waals surface area contributed by atoms with Crippen molar-refractivity contribution in [1.29, 1.82) is 0 Å². The number of aromatic nitrogens is 4. The number of hydrogen-bond donors (Lipinski definition) is 1. The molecule has 0 aliphatic rings. The van der Waals surface area contributed by atoms with E-state index in [2.05, 4.69) is 31.5 Å². The van der Waals surface area contributed by atoms with E-state index >= 15 is 0 Å². The van der Waals surface area contributed by atoms with Crippen molar-refractivity contribution < 1.29 is 8.78 Å². The Balaban J connectivity index is 1.51. The van der Waals surface area contributed by atoms with Crippen LogP contribution in [0.1, 0.15) is 5.56 Å². The first kappa shape index (κ1) is 20.6. The summed E-state index contributed by atoms with van der Waals surface area (Å²) in [5, 5.41) is 6.96. The minimum atomic E-state index is -0.403. The number of nitrogens with zero attached hydrogens (tertiary/aromatic N) is 4. The van der Waals surface area contributed by atoms with Gasteiger partial charge in [-0.05, 0) is 41.6 Å². The van der Waals surface area contributed by atoms with Crippen molar-refractivity contribution in [3.63, 3.8) is 0 Å². The van der Waals surface area contributed by atoms with E-state index in [9.17, 15) is 8.78 Å². The summed E-state index contributed by atoms with van der Waals surface area (Å²) in [6.45, 7) is 0.634. The lowest BCUT2D eigenvalue weighted by atomic mass is 10.1. The summed E-state index contributed by atoms with van der Waals surface area (Å²) in [5.74, 6) is 0.586. The third-order valence-electron chi connectivity index (χ3n) is 4.84. The highest BCUT2D eigenvalue weighted by molar-refractivity contribution is 14.2. The third kappa shape index (κ3) is 4.11. The molecule has 5 nitrogen and oxygen atoms in total. The van der Waals surface area contributed by atoms with Crippen LogP contribution in [0.15, 0.2) is 54.2 Å². The fourth-order valence-corrected chi connectivity index (χ4v) is 5.39. The van der Waals surface area contributed by atoms with Gasteiger partial charge in [0.25, 0.3) is 0 Å². The molecule has 0 spiro atoms. The zero-order valence-corrected chi connectivity index (χ0v) is 19.6. The number of fused-ring (bicyclic) bond motifs is 2. The van der Waals surface area contributed by atoms with Crippen molar-refractivity contribution in [2.24, 2.45) is 0 Å². The number of thiophene rings is 1. The van der Waals surface area contributed by atoms with Crippen LogP contribution in [0.3, 0.4) is 0 Å². The fourth-order valence-electron chi connectivity index (χ4n) is 3.37. The largest absolute Gasteiger partial charge is 0.369 e. The molecule has 0 amide bonds. The molecule has 4 aromatic heterocycles. The maximum Gasteiger partial charge on any atom is 0.165 e. The average molecular weight is 565 g/mol. The molecule has 0 atom stereocenters. The molecule has 0 bridgehead atoms. The molecule has 31 heavy (non-hydrogen) atoms. The molecule has 4 heterocycles. The van der Waals surface area contributed by atoms with Crippen LogP contribution in [0, 0.1) is 11.6 Å². The lowest BCUT2D eigenvalue weighted by Gasteiger charge is -2.09. The van der Waals surface area contributed by atoms with Gasteiger partial charge in [-0.3, -0.25) is 3.97 Å². The smallest absolute Gasteiger partial charge is 0.165 e. The van der Waals surface area contributed by atoms with E-state index in [0.717, 1.165) is 33.6 Å². The summed E-state index contributed by atoms with van der Waals surface area (Å²) in [6.07, 6.45) is 3.82. The minimum absolute atomic E-state index is 0.244. The van der Waals surface area contributed by atoms with Gasteiger partial charge in [-0.2, -0.15) is 0 Å². The number of pyridine rings is 1. The van der Waals surface area contributed by atoms with Gasteiger partial charge < -0.3 is 5.32 Å². The molecule has 156 valence electrons. The molecule has 0 radical (unpaired) electrons. The van der Waals surface area contributed by atoms with Crippen LogP contribution < -0.4 is 5.32 Å². The Labute approximate surface area is 196 Å². The Kier molecular flexibility index (Phi) is 5.76. The van der Waals surface area contributed by atoms with Crippen LogP contribution in [0.4, 0.5) is 14.6 Å². The maximum atomic E-state index is 13.9. The average Bonchev–Trinajstić information content (AvgIpc) is 3.39. The van der Waals surface area contributed by atoms with Gasteiger partial charge in [-0.15, -0.1) is 11.3 Å². The van der Waals surface area contributed by atoms with E-state index in [1.165, 1.54) is 44.9 Å². The zero-order valence-electron chi connectivity index (χ0n) is 15.8. The second kappa shape index (κ2) is 8.67. The SMILES string of the molecule is Fc1ccc(CCNc2nc(-c3cn(SI)c4ncc(F)cc34)nc3sccc23)cc1. The first-order valence-electron chi connectivity index (χ1n) is 9.32. The molecule has 0 saturated heterocycles. The molecular weight excluding hydrogens is 551 g/mol. The second-order valence-electron chi connectivity index (χ2n) is 6.80. The minimum Gasteiger partial charge on any atom is -0.369 e. The lowest BCUT2D eigenvalue weighted by molar-refractivity contribution is 0.624. The number of benzene rings is 1. The number of rotatable bonds is 6. The molecule has 10 heteroatoms. The Bertz CT molecular complexity index is 1380. The van der Waals surface area contributed by atoms with Crippen molar-refractivity contribution in [2.75, 3.05) is 11.9 Å². The number of anilines is 1. The van der Waals surface area contributed by atoms with Crippen LogP contribution in [0.5, 0.6) is 0 Å². The van der Waals surface area contributed by atoms with Gasteiger partial charge in [0.05, 0.1) is 11.6 Å². The summed E-state index contributed by atoms with van der Waals surface area (Å²) in [4.78, 5) is 14.6.